The highest BCUT2D eigenvalue weighted by atomic mass is 35.5. The Morgan fingerprint density at radius 3 is 2.73 bits per heavy atom. The quantitative estimate of drug-likeness (QED) is 0.795. The third-order valence-corrected chi connectivity index (χ3v) is 2.67. The molecule has 0 aliphatic rings. The van der Waals surface area contributed by atoms with E-state index in [0.29, 0.717) is 10.7 Å². The normalized spacial score (nSPS) is 12.8. The first-order valence-corrected chi connectivity index (χ1v) is 5.03. The molecule has 3 N–H and O–H groups in total. The van der Waals surface area contributed by atoms with Crippen molar-refractivity contribution < 1.29 is 9.90 Å². The van der Waals surface area contributed by atoms with Crippen molar-refractivity contribution in [2.75, 3.05) is 0 Å². The number of rotatable bonds is 4. The second kappa shape index (κ2) is 4.63. The molecule has 1 heterocycles. The maximum atomic E-state index is 10.6. The van der Waals surface area contributed by atoms with Gasteiger partial charge >= 0.3 is 5.97 Å². The van der Waals surface area contributed by atoms with Crippen molar-refractivity contribution in [3.63, 3.8) is 0 Å². The molecule has 1 rings (SSSR count). The number of carboxylic acids is 1. The Morgan fingerprint density at radius 2 is 2.33 bits per heavy atom. The molecule has 5 nitrogen and oxygen atoms in total. The van der Waals surface area contributed by atoms with Crippen LogP contribution in [-0.2, 0) is 24.7 Å². The zero-order valence-electron chi connectivity index (χ0n) is 8.70. The summed E-state index contributed by atoms with van der Waals surface area (Å²) in [7, 11) is 1.73. The summed E-state index contributed by atoms with van der Waals surface area (Å²) < 4.78 is 1.59. The number of carboxylic acid groups (broad SMARTS) is 1. The van der Waals surface area contributed by atoms with Gasteiger partial charge in [0.2, 0.25) is 0 Å². The van der Waals surface area contributed by atoms with Gasteiger partial charge in [0.15, 0.2) is 0 Å². The Balaban J connectivity index is 2.94. The minimum atomic E-state index is -1.04. The van der Waals surface area contributed by atoms with Crippen LogP contribution in [0.5, 0.6) is 0 Å². The number of hydrogen-bond acceptors (Lipinski definition) is 3. The van der Waals surface area contributed by atoms with Gasteiger partial charge in [0.25, 0.3) is 0 Å². The molecule has 0 spiro atoms. The van der Waals surface area contributed by atoms with E-state index in [2.05, 4.69) is 5.10 Å². The van der Waals surface area contributed by atoms with E-state index in [1.165, 1.54) is 0 Å². The molecule has 0 unspecified atom stereocenters. The first-order valence-electron chi connectivity index (χ1n) is 4.66. The van der Waals surface area contributed by atoms with Crippen molar-refractivity contribution in [2.24, 2.45) is 12.8 Å². The first-order chi connectivity index (χ1) is 6.97. The fourth-order valence-corrected chi connectivity index (χ4v) is 1.71. The predicted octanol–water partition coefficient (Wildman–Crippen LogP) is 0.590. The largest absolute Gasteiger partial charge is 0.480 e. The molecule has 0 aromatic carbocycles. The molecule has 1 aromatic rings. The van der Waals surface area contributed by atoms with Crippen molar-refractivity contribution in [2.45, 2.75) is 25.8 Å². The molecule has 0 radical (unpaired) electrons. The zero-order valence-corrected chi connectivity index (χ0v) is 9.45. The summed E-state index contributed by atoms with van der Waals surface area (Å²) >= 11 is 6.05. The first kappa shape index (κ1) is 12.0. The number of nitrogens with two attached hydrogens (primary N) is 1. The molecule has 0 fully saturated rings. The fraction of sp³-hybridized carbons (Fsp3) is 0.556. The van der Waals surface area contributed by atoms with E-state index in [0.717, 1.165) is 12.1 Å². The van der Waals surface area contributed by atoms with Gasteiger partial charge in [-0.25, -0.2) is 0 Å². The summed E-state index contributed by atoms with van der Waals surface area (Å²) in [4.78, 5) is 10.6. The molecule has 0 aliphatic carbocycles. The van der Waals surface area contributed by atoms with Crippen LogP contribution in [0.4, 0.5) is 0 Å². The van der Waals surface area contributed by atoms with Crippen LogP contribution in [0.1, 0.15) is 18.3 Å². The fourth-order valence-electron chi connectivity index (χ4n) is 1.34. The monoisotopic (exact) mass is 231 g/mol. The summed E-state index contributed by atoms with van der Waals surface area (Å²) in [6.07, 6.45) is 0.909. The maximum absolute atomic E-state index is 10.6. The summed E-state index contributed by atoms with van der Waals surface area (Å²) in [5, 5.41) is 13.4. The second-order valence-electron chi connectivity index (χ2n) is 3.33. The van der Waals surface area contributed by atoms with Crippen LogP contribution >= 0.6 is 11.6 Å². The van der Waals surface area contributed by atoms with Crippen LogP contribution in [-0.4, -0.2) is 26.9 Å². The number of aromatic nitrogens is 2. The molecular weight excluding hydrogens is 218 g/mol. The van der Waals surface area contributed by atoms with E-state index < -0.39 is 12.0 Å². The number of carbonyl (C=O) groups is 1. The molecule has 0 aliphatic heterocycles. The Labute approximate surface area is 92.8 Å². The average molecular weight is 232 g/mol. The summed E-state index contributed by atoms with van der Waals surface area (Å²) in [6, 6.07) is -0.942. The van der Waals surface area contributed by atoms with Crippen LogP contribution < -0.4 is 5.73 Å². The third-order valence-electron chi connectivity index (χ3n) is 2.23. The maximum Gasteiger partial charge on any atom is 0.320 e. The van der Waals surface area contributed by atoms with Crippen molar-refractivity contribution >= 4 is 17.6 Å². The average Bonchev–Trinajstić information content (AvgIpc) is 2.44. The molecule has 15 heavy (non-hydrogen) atoms. The number of aryl methyl sites for hydroxylation is 2. The molecular formula is C9H14ClN3O2. The molecule has 0 saturated heterocycles. The molecule has 6 heteroatoms. The van der Waals surface area contributed by atoms with Crippen LogP contribution in [0, 0.1) is 0 Å². The smallest absolute Gasteiger partial charge is 0.320 e. The minimum absolute atomic E-state index is 0.192. The van der Waals surface area contributed by atoms with Crippen LogP contribution in [0.3, 0.4) is 0 Å². The molecule has 1 atom stereocenters. The van der Waals surface area contributed by atoms with Crippen LogP contribution in [0.25, 0.3) is 0 Å². The van der Waals surface area contributed by atoms with Gasteiger partial charge < -0.3 is 10.8 Å². The van der Waals surface area contributed by atoms with E-state index in [9.17, 15) is 4.79 Å². The van der Waals surface area contributed by atoms with Crippen molar-refractivity contribution in [3.8, 4) is 0 Å². The summed E-state index contributed by atoms with van der Waals surface area (Å²) in [5.74, 6) is -1.04. The topological polar surface area (TPSA) is 81.1 Å². The van der Waals surface area contributed by atoms with Gasteiger partial charge in [-0.1, -0.05) is 18.5 Å². The summed E-state index contributed by atoms with van der Waals surface area (Å²) in [6.45, 7) is 1.94. The van der Waals surface area contributed by atoms with Gasteiger partial charge in [0, 0.05) is 13.5 Å². The second-order valence-corrected chi connectivity index (χ2v) is 3.71. The molecule has 0 bridgehead atoms. The lowest BCUT2D eigenvalue weighted by molar-refractivity contribution is -0.138. The Kier molecular flexibility index (Phi) is 3.71. The Bertz CT molecular complexity index is 376. The standard InChI is InChI=1S/C9H14ClN3O2/c1-3-6-8(10)7(13(2)12-6)4-5(11)9(14)15/h5H,3-4,11H2,1-2H3,(H,14,15)/t5-/m1/s1. The van der Waals surface area contributed by atoms with Gasteiger partial charge in [0.1, 0.15) is 6.04 Å². The number of nitrogens with zero attached hydrogens (tertiary/aromatic N) is 2. The number of aliphatic carboxylic acids is 1. The molecule has 84 valence electrons. The van der Waals surface area contributed by atoms with E-state index in [-0.39, 0.29) is 6.42 Å². The summed E-state index contributed by atoms with van der Waals surface area (Å²) in [5.41, 5.74) is 6.88. The number of hydrogen-bond donors (Lipinski definition) is 2. The van der Waals surface area contributed by atoms with Crippen LogP contribution in [0.2, 0.25) is 5.02 Å². The third kappa shape index (κ3) is 2.49. The van der Waals surface area contributed by atoms with E-state index >= 15 is 0 Å². The minimum Gasteiger partial charge on any atom is -0.480 e. The molecule has 0 amide bonds. The highest BCUT2D eigenvalue weighted by Crippen LogP contribution is 2.21. The van der Waals surface area contributed by atoms with Gasteiger partial charge in [-0.15, -0.1) is 0 Å². The molecule has 0 saturated carbocycles. The van der Waals surface area contributed by atoms with Crippen molar-refractivity contribution in [1.82, 2.24) is 9.78 Å². The Morgan fingerprint density at radius 1 is 1.73 bits per heavy atom. The van der Waals surface area contributed by atoms with Gasteiger partial charge in [-0.3, -0.25) is 9.48 Å². The lowest BCUT2D eigenvalue weighted by atomic mass is 10.1. The number of halogens is 1. The van der Waals surface area contributed by atoms with Crippen molar-refractivity contribution in [3.05, 3.63) is 16.4 Å². The SMILES string of the molecule is CCc1nn(C)c(C[C@@H](N)C(=O)O)c1Cl. The van der Waals surface area contributed by atoms with E-state index in [1.807, 2.05) is 6.92 Å². The zero-order chi connectivity index (χ0) is 11.6. The van der Waals surface area contributed by atoms with E-state index in [1.54, 1.807) is 11.7 Å². The van der Waals surface area contributed by atoms with Crippen LogP contribution in [0.15, 0.2) is 0 Å². The lowest BCUT2D eigenvalue weighted by Gasteiger charge is -2.06. The molecule has 1 aromatic heterocycles. The lowest BCUT2D eigenvalue weighted by Crippen LogP contribution is -2.33. The van der Waals surface area contributed by atoms with Gasteiger partial charge in [-0.05, 0) is 6.42 Å². The van der Waals surface area contributed by atoms with Crippen molar-refractivity contribution in [1.29, 1.82) is 0 Å². The highest BCUT2D eigenvalue weighted by molar-refractivity contribution is 6.31. The van der Waals surface area contributed by atoms with Gasteiger partial charge in [-0.2, -0.15) is 5.10 Å². The predicted molar refractivity (Wildman–Crippen MR) is 56.9 cm³/mol. The Hall–Kier alpha value is -1.07. The van der Waals surface area contributed by atoms with E-state index in [4.69, 9.17) is 22.4 Å². The highest BCUT2D eigenvalue weighted by Gasteiger charge is 2.19. The van der Waals surface area contributed by atoms with Gasteiger partial charge in [0.05, 0.1) is 16.4 Å².